The number of urea groups is 1. The Labute approximate surface area is 89.5 Å². The molecule has 5 heteroatoms. The molecule has 1 atom stereocenters. The van der Waals surface area contributed by atoms with Gasteiger partial charge in [-0.15, -0.1) is 0 Å². The first-order chi connectivity index (χ1) is 7.17. The highest BCUT2D eigenvalue weighted by atomic mass is 16.2. The molecule has 1 fully saturated rings. The van der Waals surface area contributed by atoms with Crippen LogP contribution in [0.3, 0.4) is 0 Å². The van der Waals surface area contributed by atoms with Gasteiger partial charge in [0.05, 0.1) is 0 Å². The largest absolute Gasteiger partial charge is 0.348 e. The molecule has 0 bridgehead atoms. The summed E-state index contributed by atoms with van der Waals surface area (Å²) in [6.07, 6.45) is 2.05. The van der Waals surface area contributed by atoms with Gasteiger partial charge < -0.3 is 15.5 Å². The van der Waals surface area contributed by atoms with Crippen LogP contribution in [0.25, 0.3) is 0 Å². The number of amides is 3. The van der Waals surface area contributed by atoms with E-state index >= 15 is 0 Å². The highest BCUT2D eigenvalue weighted by Gasteiger charge is 2.26. The van der Waals surface area contributed by atoms with Crippen molar-refractivity contribution in [1.82, 2.24) is 15.5 Å². The van der Waals surface area contributed by atoms with Gasteiger partial charge in [-0.2, -0.15) is 0 Å². The lowest BCUT2D eigenvalue weighted by molar-refractivity contribution is -0.117. The maximum absolute atomic E-state index is 11.4. The molecule has 0 aromatic heterocycles. The van der Waals surface area contributed by atoms with Crippen molar-refractivity contribution in [2.45, 2.75) is 19.4 Å². The van der Waals surface area contributed by atoms with Crippen molar-refractivity contribution >= 4 is 11.9 Å². The molecule has 1 aliphatic rings. The lowest BCUT2D eigenvalue weighted by Gasteiger charge is -2.16. The van der Waals surface area contributed by atoms with Crippen LogP contribution in [-0.2, 0) is 4.79 Å². The fraction of sp³-hybridized carbons (Fsp3) is 0.600. The van der Waals surface area contributed by atoms with Gasteiger partial charge in [0, 0.05) is 25.7 Å². The van der Waals surface area contributed by atoms with Crippen LogP contribution in [0.4, 0.5) is 4.79 Å². The minimum Gasteiger partial charge on any atom is -0.348 e. The number of rotatable bonds is 3. The van der Waals surface area contributed by atoms with Crippen LogP contribution < -0.4 is 10.6 Å². The quantitative estimate of drug-likeness (QED) is 0.650. The second kappa shape index (κ2) is 5.38. The Kier molecular flexibility index (Phi) is 4.15. The fourth-order valence-electron chi connectivity index (χ4n) is 1.59. The monoisotopic (exact) mass is 211 g/mol. The van der Waals surface area contributed by atoms with Crippen LogP contribution in [0.15, 0.2) is 12.7 Å². The molecule has 0 saturated carbocycles. The highest BCUT2D eigenvalue weighted by Crippen LogP contribution is 2.08. The van der Waals surface area contributed by atoms with E-state index in [1.165, 1.54) is 6.08 Å². The number of hydrogen-bond acceptors (Lipinski definition) is 2. The van der Waals surface area contributed by atoms with Gasteiger partial charge in [-0.1, -0.05) is 6.58 Å². The number of hydrogen-bond donors (Lipinski definition) is 2. The van der Waals surface area contributed by atoms with Crippen LogP contribution in [-0.4, -0.2) is 42.5 Å². The van der Waals surface area contributed by atoms with E-state index in [1.54, 1.807) is 4.90 Å². The summed E-state index contributed by atoms with van der Waals surface area (Å²) in [6, 6.07) is -0.00837. The van der Waals surface area contributed by atoms with Gasteiger partial charge in [-0.05, 0) is 19.4 Å². The van der Waals surface area contributed by atoms with Gasteiger partial charge in [0.15, 0.2) is 0 Å². The summed E-state index contributed by atoms with van der Waals surface area (Å²) < 4.78 is 0. The minimum absolute atomic E-state index is 0.0538. The smallest absolute Gasteiger partial charge is 0.317 e. The molecule has 0 unspecified atom stereocenters. The van der Waals surface area contributed by atoms with Crippen molar-refractivity contribution in [2.24, 2.45) is 0 Å². The van der Waals surface area contributed by atoms with E-state index in [0.717, 1.165) is 6.42 Å². The zero-order valence-electron chi connectivity index (χ0n) is 8.95. The molecule has 2 N–H and O–H groups in total. The summed E-state index contributed by atoms with van der Waals surface area (Å²) in [5.74, 6) is -0.183. The van der Waals surface area contributed by atoms with Crippen molar-refractivity contribution < 1.29 is 9.59 Å². The zero-order chi connectivity index (χ0) is 11.3. The van der Waals surface area contributed by atoms with E-state index in [2.05, 4.69) is 17.2 Å². The number of carbonyl (C=O) groups is 2. The molecule has 0 radical (unpaired) electrons. The van der Waals surface area contributed by atoms with E-state index < -0.39 is 0 Å². The molecule has 0 aromatic carbocycles. The van der Waals surface area contributed by atoms with Crippen LogP contribution in [0, 0.1) is 0 Å². The standard InChI is InChI=1S/C10H17N3O2/c1-3-9(14)12-8-5-6-13(7-8)10(15)11-4-2/h3,8H,1,4-7H2,2H3,(H,11,15)(H,12,14)/t8-/m1/s1. The molecule has 1 aliphatic heterocycles. The minimum atomic E-state index is -0.183. The summed E-state index contributed by atoms with van der Waals surface area (Å²) >= 11 is 0. The van der Waals surface area contributed by atoms with Crippen molar-refractivity contribution in [3.63, 3.8) is 0 Å². The van der Waals surface area contributed by atoms with Gasteiger partial charge >= 0.3 is 6.03 Å². The molecule has 5 nitrogen and oxygen atoms in total. The predicted molar refractivity (Wildman–Crippen MR) is 57.4 cm³/mol. The molecule has 0 aliphatic carbocycles. The Morgan fingerprint density at radius 2 is 2.33 bits per heavy atom. The molecular weight excluding hydrogens is 194 g/mol. The first-order valence-corrected chi connectivity index (χ1v) is 5.13. The van der Waals surface area contributed by atoms with Crippen molar-refractivity contribution in [2.75, 3.05) is 19.6 Å². The summed E-state index contributed by atoms with van der Waals surface area (Å²) in [7, 11) is 0. The van der Waals surface area contributed by atoms with E-state index in [-0.39, 0.29) is 18.0 Å². The maximum Gasteiger partial charge on any atom is 0.317 e. The Morgan fingerprint density at radius 1 is 1.60 bits per heavy atom. The fourth-order valence-corrected chi connectivity index (χ4v) is 1.59. The molecule has 1 rings (SSSR count). The van der Waals surface area contributed by atoms with Gasteiger partial charge in [-0.25, -0.2) is 4.79 Å². The maximum atomic E-state index is 11.4. The first-order valence-electron chi connectivity index (χ1n) is 5.13. The average molecular weight is 211 g/mol. The number of nitrogens with one attached hydrogen (secondary N) is 2. The molecule has 1 saturated heterocycles. The predicted octanol–water partition coefficient (Wildman–Crippen LogP) is 0.0924. The van der Waals surface area contributed by atoms with Crippen LogP contribution in [0.2, 0.25) is 0 Å². The number of likely N-dealkylation sites (tertiary alicyclic amines) is 1. The van der Waals surface area contributed by atoms with Crippen LogP contribution >= 0.6 is 0 Å². The van der Waals surface area contributed by atoms with E-state index in [0.29, 0.717) is 19.6 Å². The lowest BCUT2D eigenvalue weighted by Crippen LogP contribution is -2.41. The van der Waals surface area contributed by atoms with Crippen molar-refractivity contribution in [1.29, 1.82) is 0 Å². The van der Waals surface area contributed by atoms with Crippen molar-refractivity contribution in [3.8, 4) is 0 Å². The molecule has 1 heterocycles. The van der Waals surface area contributed by atoms with Gasteiger partial charge in [0.2, 0.25) is 5.91 Å². The lowest BCUT2D eigenvalue weighted by atomic mass is 10.2. The van der Waals surface area contributed by atoms with E-state index in [1.807, 2.05) is 6.92 Å². The summed E-state index contributed by atoms with van der Waals surface area (Å²) in [4.78, 5) is 24.2. The van der Waals surface area contributed by atoms with Crippen LogP contribution in [0.1, 0.15) is 13.3 Å². The topological polar surface area (TPSA) is 61.4 Å². The summed E-state index contributed by atoms with van der Waals surface area (Å²) in [5, 5.41) is 5.51. The number of carbonyl (C=O) groups excluding carboxylic acids is 2. The Morgan fingerprint density at radius 3 is 2.93 bits per heavy atom. The molecule has 84 valence electrons. The third-order valence-electron chi connectivity index (χ3n) is 2.34. The van der Waals surface area contributed by atoms with Crippen molar-refractivity contribution in [3.05, 3.63) is 12.7 Å². The molecule has 0 spiro atoms. The third-order valence-corrected chi connectivity index (χ3v) is 2.34. The van der Waals surface area contributed by atoms with Crippen LogP contribution in [0.5, 0.6) is 0 Å². The summed E-state index contributed by atoms with van der Waals surface area (Å²) in [5.41, 5.74) is 0. The first kappa shape index (κ1) is 11.6. The number of nitrogens with zero attached hydrogens (tertiary/aromatic N) is 1. The second-order valence-corrected chi connectivity index (χ2v) is 3.48. The Hall–Kier alpha value is -1.52. The Bertz CT molecular complexity index is 265. The molecular formula is C10H17N3O2. The SMILES string of the molecule is C=CC(=O)N[C@@H]1CCN(C(=O)NCC)C1. The molecule has 0 aromatic rings. The third kappa shape index (κ3) is 3.27. The normalized spacial score (nSPS) is 19.8. The zero-order valence-corrected chi connectivity index (χ0v) is 8.95. The average Bonchev–Trinajstić information content (AvgIpc) is 2.66. The van der Waals surface area contributed by atoms with Gasteiger partial charge in [-0.3, -0.25) is 4.79 Å². The van der Waals surface area contributed by atoms with E-state index in [9.17, 15) is 9.59 Å². The summed E-state index contributed by atoms with van der Waals surface area (Å²) in [6.45, 7) is 7.15. The Balaban J connectivity index is 2.35. The van der Waals surface area contributed by atoms with E-state index in [4.69, 9.17) is 0 Å². The second-order valence-electron chi connectivity index (χ2n) is 3.48. The van der Waals surface area contributed by atoms with Gasteiger partial charge in [0.1, 0.15) is 0 Å². The highest BCUT2D eigenvalue weighted by molar-refractivity contribution is 5.87. The molecule has 15 heavy (non-hydrogen) atoms. The molecule has 3 amide bonds. The van der Waals surface area contributed by atoms with Gasteiger partial charge in [0.25, 0.3) is 0 Å².